The van der Waals surface area contributed by atoms with Gasteiger partial charge < -0.3 is 10.1 Å². The highest BCUT2D eigenvalue weighted by Gasteiger charge is 2.30. The minimum absolute atomic E-state index is 0.0536. The lowest BCUT2D eigenvalue weighted by atomic mass is 9.95. The summed E-state index contributed by atoms with van der Waals surface area (Å²) >= 11 is 1.65. The van der Waals surface area contributed by atoms with Crippen LogP contribution in [-0.2, 0) is 4.74 Å². The first kappa shape index (κ1) is 19.8. The average molecular weight is 408 g/mol. The highest BCUT2D eigenvalue weighted by molar-refractivity contribution is 7.16. The zero-order chi connectivity index (χ0) is 20.2. The Morgan fingerprint density at radius 1 is 1.10 bits per heavy atom. The summed E-state index contributed by atoms with van der Waals surface area (Å²) in [5, 5.41) is 4.10. The van der Waals surface area contributed by atoms with Gasteiger partial charge in [0.2, 0.25) is 0 Å². The standard InChI is InChI=1S/C23H25N3O2S/c1-16-17(2)29-23(25-22(27)19-6-4-3-5-7-19)20(16)21(18-8-10-24-11-9-18)26-12-14-28-15-13-26/h3-11,21H,12-15H2,1-2H3,(H,25,27)/t21-/m1/s1. The van der Waals surface area contributed by atoms with Gasteiger partial charge in [0.25, 0.3) is 5.91 Å². The Morgan fingerprint density at radius 3 is 2.48 bits per heavy atom. The van der Waals surface area contributed by atoms with Gasteiger partial charge in [0, 0.05) is 41.5 Å². The Bertz CT molecular complexity index is 967. The smallest absolute Gasteiger partial charge is 0.256 e. The van der Waals surface area contributed by atoms with Gasteiger partial charge in [-0.2, -0.15) is 0 Å². The number of ether oxygens (including phenoxy) is 1. The third-order valence-corrected chi connectivity index (χ3v) is 6.54. The highest BCUT2D eigenvalue weighted by Crippen LogP contribution is 2.42. The average Bonchev–Trinajstić information content (AvgIpc) is 3.04. The largest absolute Gasteiger partial charge is 0.379 e. The van der Waals surface area contributed by atoms with E-state index in [4.69, 9.17) is 4.74 Å². The molecule has 1 saturated heterocycles. The zero-order valence-corrected chi connectivity index (χ0v) is 17.5. The monoisotopic (exact) mass is 407 g/mol. The van der Waals surface area contributed by atoms with E-state index >= 15 is 0 Å². The van der Waals surface area contributed by atoms with E-state index in [1.807, 2.05) is 42.7 Å². The number of morpholine rings is 1. The maximum absolute atomic E-state index is 12.9. The van der Waals surface area contributed by atoms with Crippen molar-refractivity contribution in [2.75, 3.05) is 31.6 Å². The number of aryl methyl sites for hydroxylation is 1. The van der Waals surface area contributed by atoms with Crippen LogP contribution in [0.15, 0.2) is 54.9 Å². The molecule has 1 atom stereocenters. The first-order chi connectivity index (χ1) is 14.1. The molecule has 1 amide bonds. The number of anilines is 1. The number of aromatic nitrogens is 1. The molecule has 0 unspecified atom stereocenters. The van der Waals surface area contributed by atoms with Crippen molar-refractivity contribution in [3.63, 3.8) is 0 Å². The van der Waals surface area contributed by atoms with E-state index in [0.29, 0.717) is 5.56 Å². The van der Waals surface area contributed by atoms with Crippen LogP contribution < -0.4 is 5.32 Å². The molecule has 1 aliphatic heterocycles. The Labute approximate surface area is 175 Å². The van der Waals surface area contributed by atoms with E-state index < -0.39 is 0 Å². The van der Waals surface area contributed by atoms with Crippen LogP contribution in [-0.4, -0.2) is 42.1 Å². The van der Waals surface area contributed by atoms with Crippen LogP contribution in [0, 0.1) is 13.8 Å². The number of nitrogens with zero attached hydrogens (tertiary/aromatic N) is 2. The minimum Gasteiger partial charge on any atom is -0.379 e. The predicted molar refractivity (Wildman–Crippen MR) is 117 cm³/mol. The SMILES string of the molecule is Cc1sc(NC(=O)c2ccccc2)c([C@@H](c2ccncc2)N2CCOCC2)c1C. The molecule has 0 bridgehead atoms. The summed E-state index contributed by atoms with van der Waals surface area (Å²) in [5.74, 6) is -0.0800. The van der Waals surface area contributed by atoms with E-state index in [0.717, 1.165) is 31.3 Å². The van der Waals surface area contributed by atoms with E-state index in [-0.39, 0.29) is 11.9 Å². The van der Waals surface area contributed by atoms with Crippen LogP contribution in [0.5, 0.6) is 0 Å². The maximum Gasteiger partial charge on any atom is 0.256 e. The maximum atomic E-state index is 12.9. The Kier molecular flexibility index (Phi) is 6.04. The van der Waals surface area contributed by atoms with E-state index in [1.54, 1.807) is 11.3 Å². The minimum atomic E-state index is -0.0800. The van der Waals surface area contributed by atoms with Crippen molar-refractivity contribution >= 4 is 22.2 Å². The second kappa shape index (κ2) is 8.86. The molecule has 1 aromatic carbocycles. The van der Waals surface area contributed by atoms with Gasteiger partial charge in [-0.15, -0.1) is 11.3 Å². The van der Waals surface area contributed by atoms with Crippen molar-refractivity contribution in [2.24, 2.45) is 0 Å². The summed E-state index contributed by atoms with van der Waals surface area (Å²) in [7, 11) is 0. The number of pyridine rings is 1. The molecular weight excluding hydrogens is 382 g/mol. The number of amides is 1. The van der Waals surface area contributed by atoms with Crippen molar-refractivity contribution in [1.29, 1.82) is 0 Å². The quantitative estimate of drug-likeness (QED) is 0.680. The van der Waals surface area contributed by atoms with Crippen molar-refractivity contribution in [3.8, 4) is 0 Å². The van der Waals surface area contributed by atoms with E-state index in [9.17, 15) is 4.79 Å². The van der Waals surface area contributed by atoms with Crippen LogP contribution in [0.4, 0.5) is 5.00 Å². The number of carbonyl (C=O) groups is 1. The molecule has 1 N–H and O–H groups in total. The molecule has 29 heavy (non-hydrogen) atoms. The highest BCUT2D eigenvalue weighted by atomic mass is 32.1. The number of carbonyl (C=O) groups excluding carboxylic acids is 1. The van der Waals surface area contributed by atoms with Crippen LogP contribution >= 0.6 is 11.3 Å². The molecule has 0 spiro atoms. The molecule has 0 saturated carbocycles. The van der Waals surface area contributed by atoms with E-state index in [1.165, 1.54) is 21.6 Å². The van der Waals surface area contributed by atoms with Crippen LogP contribution in [0.3, 0.4) is 0 Å². The second-order valence-electron chi connectivity index (χ2n) is 7.18. The molecular formula is C23H25N3O2S. The van der Waals surface area contributed by atoms with Gasteiger partial charge >= 0.3 is 0 Å². The van der Waals surface area contributed by atoms with Gasteiger partial charge in [-0.05, 0) is 49.2 Å². The Morgan fingerprint density at radius 2 is 1.79 bits per heavy atom. The molecule has 5 nitrogen and oxygen atoms in total. The molecule has 1 fully saturated rings. The van der Waals surface area contributed by atoms with Gasteiger partial charge in [-0.3, -0.25) is 14.7 Å². The number of rotatable bonds is 5. The third kappa shape index (κ3) is 4.24. The number of hydrogen-bond donors (Lipinski definition) is 1. The normalized spacial score (nSPS) is 15.8. The van der Waals surface area contributed by atoms with Crippen molar-refractivity contribution in [2.45, 2.75) is 19.9 Å². The van der Waals surface area contributed by atoms with Crippen molar-refractivity contribution < 1.29 is 9.53 Å². The lowest BCUT2D eigenvalue weighted by Gasteiger charge is -2.35. The van der Waals surface area contributed by atoms with Gasteiger partial charge in [-0.25, -0.2) is 0 Å². The molecule has 1 aliphatic rings. The van der Waals surface area contributed by atoms with Gasteiger partial charge in [0.15, 0.2) is 0 Å². The van der Waals surface area contributed by atoms with Gasteiger partial charge in [0.05, 0.1) is 19.3 Å². The lowest BCUT2D eigenvalue weighted by Crippen LogP contribution is -2.40. The fraction of sp³-hybridized carbons (Fsp3) is 0.304. The molecule has 0 aliphatic carbocycles. The Balaban J connectivity index is 1.75. The summed E-state index contributed by atoms with van der Waals surface area (Å²) in [5.41, 5.74) is 4.24. The Hall–Kier alpha value is -2.54. The number of thiophene rings is 1. The van der Waals surface area contributed by atoms with Crippen molar-refractivity contribution in [3.05, 3.63) is 82.0 Å². The molecule has 2 aromatic heterocycles. The first-order valence-corrected chi connectivity index (χ1v) is 10.6. The van der Waals surface area contributed by atoms with Crippen LogP contribution in [0.2, 0.25) is 0 Å². The number of benzene rings is 1. The number of nitrogens with one attached hydrogen (secondary N) is 1. The number of hydrogen-bond acceptors (Lipinski definition) is 5. The summed E-state index contributed by atoms with van der Waals surface area (Å²) in [6.45, 7) is 7.41. The molecule has 3 aromatic rings. The summed E-state index contributed by atoms with van der Waals surface area (Å²) in [6.07, 6.45) is 3.67. The van der Waals surface area contributed by atoms with Gasteiger partial charge in [-0.1, -0.05) is 18.2 Å². The fourth-order valence-electron chi connectivity index (χ4n) is 3.77. The van der Waals surface area contributed by atoms with Crippen LogP contribution in [0.1, 0.15) is 38.0 Å². The zero-order valence-electron chi connectivity index (χ0n) is 16.7. The predicted octanol–water partition coefficient (Wildman–Crippen LogP) is 4.43. The lowest BCUT2D eigenvalue weighted by molar-refractivity contribution is 0.0240. The molecule has 6 heteroatoms. The molecule has 4 rings (SSSR count). The molecule has 150 valence electrons. The van der Waals surface area contributed by atoms with Gasteiger partial charge in [0.1, 0.15) is 5.00 Å². The fourth-order valence-corrected chi connectivity index (χ4v) is 4.86. The first-order valence-electron chi connectivity index (χ1n) is 9.83. The molecule has 3 heterocycles. The molecule has 0 radical (unpaired) electrons. The summed E-state index contributed by atoms with van der Waals surface area (Å²) < 4.78 is 5.59. The van der Waals surface area contributed by atoms with Crippen molar-refractivity contribution in [1.82, 2.24) is 9.88 Å². The second-order valence-corrected chi connectivity index (χ2v) is 8.40. The topological polar surface area (TPSA) is 54.5 Å². The summed E-state index contributed by atoms with van der Waals surface area (Å²) in [4.78, 5) is 20.7. The summed E-state index contributed by atoms with van der Waals surface area (Å²) in [6, 6.07) is 13.5. The van der Waals surface area contributed by atoms with Crippen LogP contribution in [0.25, 0.3) is 0 Å². The third-order valence-electron chi connectivity index (χ3n) is 5.40. The van der Waals surface area contributed by atoms with E-state index in [2.05, 4.69) is 41.2 Å².